The number of amides is 2. The molecule has 0 unspecified atom stereocenters. The van der Waals surface area contributed by atoms with Gasteiger partial charge in [0.1, 0.15) is 11.6 Å². The van der Waals surface area contributed by atoms with Crippen molar-refractivity contribution in [2.75, 3.05) is 24.4 Å². The molecule has 1 fully saturated rings. The quantitative estimate of drug-likeness (QED) is 0.685. The molecule has 0 radical (unpaired) electrons. The number of halogens is 1. The zero-order valence-electron chi connectivity index (χ0n) is 19.3. The normalized spacial score (nSPS) is 18.2. The van der Waals surface area contributed by atoms with E-state index < -0.39 is 39.8 Å². The van der Waals surface area contributed by atoms with Gasteiger partial charge in [-0.05, 0) is 79.0 Å². The van der Waals surface area contributed by atoms with E-state index >= 15 is 4.39 Å². The zero-order chi connectivity index (χ0) is 22.9. The Morgan fingerprint density at radius 3 is 2.37 bits per heavy atom. The minimum Gasteiger partial charge on any atom is -0.446 e. The van der Waals surface area contributed by atoms with Crippen LogP contribution >= 0.6 is 10.3 Å². The molecule has 1 N–H and O–H groups in total. The number of rotatable bonds is 4. The first-order valence-electron chi connectivity index (χ1n) is 10.1. The first kappa shape index (κ1) is 24.3. The van der Waals surface area contributed by atoms with Crippen LogP contribution in [0.25, 0.3) is 0 Å². The molecule has 1 aromatic rings. The largest absolute Gasteiger partial charge is 0.446 e. The van der Waals surface area contributed by atoms with E-state index in [9.17, 15) is 9.59 Å². The third kappa shape index (κ3) is 5.80. The molecule has 6 nitrogen and oxygen atoms in total. The van der Waals surface area contributed by atoms with Crippen LogP contribution in [0.15, 0.2) is 18.2 Å². The van der Waals surface area contributed by atoms with Crippen molar-refractivity contribution < 1.29 is 22.9 Å². The van der Waals surface area contributed by atoms with Crippen molar-refractivity contribution in [2.24, 2.45) is 0 Å². The summed E-state index contributed by atoms with van der Waals surface area (Å²) in [5, 5.41) is 2.63. The maximum atomic E-state index is 15.1. The lowest BCUT2D eigenvalue weighted by Crippen LogP contribution is -2.45. The van der Waals surface area contributed by atoms with Gasteiger partial charge in [0.05, 0.1) is 5.69 Å². The molecule has 1 saturated heterocycles. The molecule has 0 spiro atoms. The molecular weight excluding hydrogens is 407 g/mol. The third-order valence-corrected chi connectivity index (χ3v) is 8.72. The second-order valence-electron chi connectivity index (χ2n) is 9.87. The van der Waals surface area contributed by atoms with Gasteiger partial charge in [-0.25, -0.2) is 9.18 Å². The zero-order valence-corrected chi connectivity index (χ0v) is 20.1. The van der Waals surface area contributed by atoms with Crippen molar-refractivity contribution >= 4 is 28.0 Å². The van der Waals surface area contributed by atoms with Gasteiger partial charge >= 0.3 is 6.09 Å². The third-order valence-electron chi connectivity index (χ3n) is 5.18. The summed E-state index contributed by atoms with van der Waals surface area (Å²) in [7, 11) is -1.59. The Bertz CT molecular complexity index is 799. The van der Waals surface area contributed by atoms with Gasteiger partial charge < -0.3 is 14.2 Å². The van der Waals surface area contributed by atoms with Gasteiger partial charge in [-0.15, -0.1) is 0 Å². The molecule has 0 aliphatic carbocycles. The minimum atomic E-state index is -1.59. The van der Waals surface area contributed by atoms with E-state index in [1.54, 1.807) is 32.9 Å². The molecule has 0 saturated carbocycles. The van der Waals surface area contributed by atoms with E-state index in [-0.39, 0.29) is 16.2 Å². The number of nitrogens with one attached hydrogen (secondary N) is 1. The standard InChI is InChI=1S/C22H35FN2O4S/c1-21(2,3)28-20(27)25-14-10-12-16(25)19(26)24-15-11-9-13-17(18(15)23)29-30(7,8)22(4,5)6/h9,11,13,16H,10,12,14H2,1-8H3,(H,24,26)/t16-/m0/s1. The molecule has 1 aliphatic heterocycles. The molecule has 1 atom stereocenters. The molecule has 30 heavy (non-hydrogen) atoms. The molecule has 8 heteroatoms. The van der Waals surface area contributed by atoms with Crippen LogP contribution in [0.3, 0.4) is 0 Å². The van der Waals surface area contributed by atoms with Crippen LogP contribution in [-0.2, 0) is 9.53 Å². The van der Waals surface area contributed by atoms with Crippen LogP contribution in [0, 0.1) is 5.82 Å². The lowest BCUT2D eigenvalue weighted by Gasteiger charge is -2.43. The maximum Gasteiger partial charge on any atom is 0.410 e. The molecule has 0 bridgehead atoms. The van der Waals surface area contributed by atoms with Gasteiger partial charge in [-0.2, -0.15) is 0 Å². The minimum absolute atomic E-state index is 0.0395. The Morgan fingerprint density at radius 2 is 1.80 bits per heavy atom. The summed E-state index contributed by atoms with van der Waals surface area (Å²) in [5.41, 5.74) is -0.613. The molecule has 2 amide bonds. The number of carbonyl (C=O) groups excluding carboxylic acids is 2. The fraction of sp³-hybridized carbons (Fsp3) is 0.636. The Morgan fingerprint density at radius 1 is 1.17 bits per heavy atom. The second kappa shape index (κ2) is 8.65. The van der Waals surface area contributed by atoms with Gasteiger partial charge in [0.2, 0.25) is 5.91 Å². The first-order valence-corrected chi connectivity index (χ1v) is 12.5. The summed E-state index contributed by atoms with van der Waals surface area (Å²) in [5.74, 6) is -0.938. The Labute approximate surface area is 181 Å². The van der Waals surface area contributed by atoms with Crippen molar-refractivity contribution in [3.63, 3.8) is 0 Å². The summed E-state index contributed by atoms with van der Waals surface area (Å²) in [6, 6.07) is 4.01. The monoisotopic (exact) mass is 442 g/mol. The van der Waals surface area contributed by atoms with Crippen molar-refractivity contribution in [3.05, 3.63) is 24.0 Å². The maximum absolute atomic E-state index is 15.1. The van der Waals surface area contributed by atoms with Crippen LogP contribution in [0.5, 0.6) is 5.75 Å². The Hall–Kier alpha value is -1.96. The number of benzene rings is 1. The highest BCUT2D eigenvalue weighted by Crippen LogP contribution is 2.54. The number of anilines is 1. The number of ether oxygens (including phenoxy) is 1. The number of carbonyl (C=O) groups is 2. The average Bonchev–Trinajstić information content (AvgIpc) is 3.05. The predicted molar refractivity (Wildman–Crippen MR) is 121 cm³/mol. The highest BCUT2D eigenvalue weighted by Gasteiger charge is 2.37. The lowest BCUT2D eigenvalue weighted by atomic mass is 10.2. The summed E-state index contributed by atoms with van der Waals surface area (Å²) >= 11 is 0. The Balaban J connectivity index is 2.16. The van der Waals surface area contributed by atoms with Gasteiger partial charge in [0.15, 0.2) is 11.6 Å². The van der Waals surface area contributed by atoms with Gasteiger partial charge in [-0.3, -0.25) is 9.69 Å². The second-order valence-corrected chi connectivity index (χ2v) is 13.7. The van der Waals surface area contributed by atoms with Crippen LogP contribution in [0.2, 0.25) is 0 Å². The summed E-state index contributed by atoms with van der Waals surface area (Å²) in [4.78, 5) is 26.7. The number of nitrogens with zero attached hydrogens (tertiary/aromatic N) is 1. The van der Waals surface area contributed by atoms with Crippen molar-refractivity contribution in [3.8, 4) is 5.75 Å². The van der Waals surface area contributed by atoms with Crippen LogP contribution < -0.4 is 9.50 Å². The number of hydrogen-bond donors (Lipinski definition) is 1. The van der Waals surface area contributed by atoms with E-state index in [4.69, 9.17) is 8.92 Å². The first-order chi connectivity index (χ1) is 13.6. The van der Waals surface area contributed by atoms with E-state index in [2.05, 4.69) is 26.1 Å². The molecule has 1 aliphatic rings. The van der Waals surface area contributed by atoms with Crippen LogP contribution in [0.1, 0.15) is 54.4 Å². The molecule has 0 aromatic heterocycles. The van der Waals surface area contributed by atoms with E-state index in [1.165, 1.54) is 11.0 Å². The fourth-order valence-corrected chi connectivity index (χ4v) is 3.64. The fourth-order valence-electron chi connectivity index (χ4n) is 2.82. The number of hydrogen-bond acceptors (Lipinski definition) is 4. The smallest absolute Gasteiger partial charge is 0.410 e. The lowest BCUT2D eigenvalue weighted by molar-refractivity contribution is -0.120. The van der Waals surface area contributed by atoms with E-state index in [1.807, 2.05) is 12.5 Å². The molecule has 1 aromatic carbocycles. The average molecular weight is 443 g/mol. The van der Waals surface area contributed by atoms with E-state index in [0.29, 0.717) is 19.4 Å². The van der Waals surface area contributed by atoms with Gasteiger partial charge in [0.25, 0.3) is 0 Å². The van der Waals surface area contributed by atoms with Crippen molar-refractivity contribution in [2.45, 2.75) is 70.8 Å². The number of likely N-dealkylation sites (tertiary alicyclic amines) is 1. The highest BCUT2D eigenvalue weighted by atomic mass is 32.3. The summed E-state index contributed by atoms with van der Waals surface area (Å²) in [6.45, 7) is 11.9. The van der Waals surface area contributed by atoms with Gasteiger partial charge in [0, 0.05) is 11.3 Å². The van der Waals surface area contributed by atoms with E-state index in [0.717, 1.165) is 0 Å². The predicted octanol–water partition coefficient (Wildman–Crippen LogP) is 5.32. The molecule has 1 heterocycles. The highest BCUT2D eigenvalue weighted by molar-refractivity contribution is 8.30. The van der Waals surface area contributed by atoms with Crippen molar-refractivity contribution in [1.29, 1.82) is 0 Å². The summed E-state index contributed by atoms with van der Waals surface area (Å²) in [6.07, 6.45) is 4.62. The topological polar surface area (TPSA) is 67.9 Å². The van der Waals surface area contributed by atoms with Crippen LogP contribution in [0.4, 0.5) is 14.9 Å². The van der Waals surface area contributed by atoms with Crippen molar-refractivity contribution in [1.82, 2.24) is 4.90 Å². The molecular formula is C22H35FN2O4S. The molecule has 170 valence electrons. The SMILES string of the molecule is CC(C)(C)OC(=O)N1CCC[C@H]1C(=O)Nc1cccc(OS(C)(C)C(C)(C)C)c1F. The molecule has 2 rings (SSSR count). The Kier molecular flexibility index (Phi) is 7.01. The van der Waals surface area contributed by atoms with Crippen LogP contribution in [-0.4, -0.2) is 52.3 Å². The summed E-state index contributed by atoms with van der Waals surface area (Å²) < 4.78 is 26.4. The van der Waals surface area contributed by atoms with Gasteiger partial charge in [-0.1, -0.05) is 16.4 Å².